The lowest BCUT2D eigenvalue weighted by Crippen LogP contribution is -2.38. The van der Waals surface area contributed by atoms with Crippen molar-refractivity contribution in [2.75, 3.05) is 6.61 Å². The van der Waals surface area contributed by atoms with Gasteiger partial charge in [-0.2, -0.15) is 0 Å². The van der Waals surface area contributed by atoms with Gasteiger partial charge in [-0.05, 0) is 28.8 Å². The summed E-state index contributed by atoms with van der Waals surface area (Å²) < 4.78 is 25.7. The van der Waals surface area contributed by atoms with E-state index in [1.807, 2.05) is 72.8 Å². The molecule has 4 atom stereocenters. The van der Waals surface area contributed by atoms with Gasteiger partial charge in [-0.1, -0.05) is 109 Å². The number of benzene rings is 3. The van der Waals surface area contributed by atoms with Crippen LogP contribution in [0, 0.1) is 0 Å². The molecule has 0 radical (unpaired) electrons. The fourth-order valence-corrected chi connectivity index (χ4v) is 5.32. The van der Waals surface area contributed by atoms with Gasteiger partial charge in [0.1, 0.15) is 23.7 Å². The Morgan fingerprint density at radius 3 is 1.73 bits per heavy atom. The summed E-state index contributed by atoms with van der Waals surface area (Å²) in [5, 5.41) is 0.883. The summed E-state index contributed by atoms with van der Waals surface area (Å²) in [6.45, 7) is 1.85. The highest BCUT2D eigenvalue weighted by Crippen LogP contribution is 2.37. The van der Waals surface area contributed by atoms with E-state index >= 15 is 0 Å². The SMILES string of the molecule is c1ccc(COC[C@H]2OC(Sc3ccccn3)[C@@H](OCc3ccccc3)[C@@H]2OCc2ccccc2)cc1. The lowest BCUT2D eigenvalue weighted by molar-refractivity contribution is -0.0895. The molecule has 37 heavy (non-hydrogen) atoms. The van der Waals surface area contributed by atoms with E-state index in [0.717, 1.165) is 21.7 Å². The van der Waals surface area contributed by atoms with Crippen LogP contribution >= 0.6 is 11.8 Å². The van der Waals surface area contributed by atoms with E-state index in [-0.39, 0.29) is 23.7 Å². The molecule has 0 spiro atoms. The van der Waals surface area contributed by atoms with E-state index in [1.165, 1.54) is 0 Å². The van der Waals surface area contributed by atoms with Crippen LogP contribution in [0.1, 0.15) is 16.7 Å². The third-order valence-electron chi connectivity index (χ3n) is 6.11. The molecule has 5 rings (SSSR count). The smallest absolute Gasteiger partial charge is 0.138 e. The zero-order valence-electron chi connectivity index (χ0n) is 20.6. The van der Waals surface area contributed by atoms with E-state index < -0.39 is 0 Å². The zero-order chi connectivity index (χ0) is 25.1. The van der Waals surface area contributed by atoms with Gasteiger partial charge in [-0.25, -0.2) is 4.98 Å². The Morgan fingerprint density at radius 1 is 0.622 bits per heavy atom. The first-order valence-corrected chi connectivity index (χ1v) is 13.4. The van der Waals surface area contributed by atoms with Crippen molar-refractivity contribution in [3.63, 3.8) is 0 Å². The van der Waals surface area contributed by atoms with Crippen molar-refractivity contribution in [3.05, 3.63) is 132 Å². The molecule has 190 valence electrons. The second-order valence-electron chi connectivity index (χ2n) is 8.85. The highest BCUT2D eigenvalue weighted by atomic mass is 32.2. The van der Waals surface area contributed by atoms with Gasteiger partial charge in [0, 0.05) is 6.20 Å². The average molecular weight is 514 g/mol. The predicted molar refractivity (Wildman–Crippen MR) is 145 cm³/mol. The summed E-state index contributed by atoms with van der Waals surface area (Å²) in [7, 11) is 0. The first-order chi connectivity index (χ1) is 18.3. The maximum atomic E-state index is 6.55. The molecule has 3 aromatic carbocycles. The molecule has 6 heteroatoms. The normalized spacial score (nSPS) is 21.2. The lowest BCUT2D eigenvalue weighted by atomic mass is 10.1. The first-order valence-electron chi connectivity index (χ1n) is 12.5. The Kier molecular flexibility index (Phi) is 9.37. The van der Waals surface area contributed by atoms with Gasteiger partial charge in [0.25, 0.3) is 0 Å². The average Bonchev–Trinajstić information content (AvgIpc) is 3.28. The fourth-order valence-electron chi connectivity index (χ4n) is 4.23. The number of hydrogen-bond donors (Lipinski definition) is 0. The van der Waals surface area contributed by atoms with Crippen LogP contribution in [0.3, 0.4) is 0 Å². The van der Waals surface area contributed by atoms with E-state index in [1.54, 1.807) is 18.0 Å². The summed E-state index contributed by atoms with van der Waals surface area (Å²) in [4.78, 5) is 4.50. The largest absolute Gasteiger partial charge is 0.374 e. The molecule has 2 heterocycles. The Morgan fingerprint density at radius 2 is 1.16 bits per heavy atom. The zero-order valence-corrected chi connectivity index (χ0v) is 21.4. The van der Waals surface area contributed by atoms with E-state index in [2.05, 4.69) is 41.4 Å². The van der Waals surface area contributed by atoms with Gasteiger partial charge < -0.3 is 18.9 Å². The minimum Gasteiger partial charge on any atom is -0.374 e. The highest BCUT2D eigenvalue weighted by molar-refractivity contribution is 7.99. The van der Waals surface area contributed by atoms with Gasteiger partial charge in [-0.3, -0.25) is 0 Å². The van der Waals surface area contributed by atoms with Crippen molar-refractivity contribution in [2.45, 2.75) is 48.6 Å². The third-order valence-corrected chi connectivity index (χ3v) is 7.20. The minimum atomic E-state index is -0.305. The number of nitrogens with zero attached hydrogens (tertiary/aromatic N) is 1. The predicted octanol–water partition coefficient (Wildman–Crippen LogP) is 6.29. The van der Waals surface area contributed by atoms with Gasteiger partial charge in [0.2, 0.25) is 0 Å². The second-order valence-corrected chi connectivity index (χ2v) is 9.97. The van der Waals surface area contributed by atoms with Gasteiger partial charge in [0.05, 0.1) is 31.5 Å². The van der Waals surface area contributed by atoms with E-state index in [4.69, 9.17) is 18.9 Å². The minimum absolute atomic E-state index is 0.283. The number of pyridine rings is 1. The number of aromatic nitrogens is 1. The molecule has 1 aliphatic rings. The topological polar surface area (TPSA) is 49.8 Å². The van der Waals surface area contributed by atoms with Crippen LogP contribution < -0.4 is 0 Å². The summed E-state index contributed by atoms with van der Waals surface area (Å²) in [5.41, 5.74) is 3.05. The summed E-state index contributed by atoms with van der Waals surface area (Å²) in [5.74, 6) is 0. The Labute approximate surface area is 222 Å². The van der Waals surface area contributed by atoms with Crippen molar-refractivity contribution in [2.24, 2.45) is 0 Å². The number of ether oxygens (including phenoxy) is 4. The maximum Gasteiger partial charge on any atom is 0.138 e. The van der Waals surface area contributed by atoms with Gasteiger partial charge >= 0.3 is 0 Å². The Bertz CT molecular complexity index is 1180. The Hall–Kier alpha value is -3.00. The molecule has 0 bridgehead atoms. The number of rotatable bonds is 12. The highest BCUT2D eigenvalue weighted by Gasteiger charge is 2.47. The van der Waals surface area contributed by atoms with Crippen molar-refractivity contribution < 1.29 is 18.9 Å². The molecule has 1 fully saturated rings. The molecular weight excluding hydrogens is 482 g/mol. The summed E-state index contributed by atoms with van der Waals surface area (Å²) >= 11 is 1.56. The summed E-state index contributed by atoms with van der Waals surface area (Å²) in [6, 6.07) is 36.4. The molecule has 1 saturated heterocycles. The van der Waals surface area contributed by atoms with Crippen LogP contribution in [-0.2, 0) is 38.8 Å². The molecule has 0 N–H and O–H groups in total. The monoisotopic (exact) mass is 513 g/mol. The molecule has 1 unspecified atom stereocenters. The van der Waals surface area contributed by atoms with Crippen LogP contribution in [0.15, 0.2) is 120 Å². The van der Waals surface area contributed by atoms with E-state index in [9.17, 15) is 0 Å². The quantitative estimate of drug-likeness (QED) is 0.222. The van der Waals surface area contributed by atoms with Crippen molar-refractivity contribution in [1.82, 2.24) is 4.98 Å². The van der Waals surface area contributed by atoms with Crippen molar-refractivity contribution in [3.8, 4) is 0 Å². The molecule has 0 aliphatic carbocycles. The second kappa shape index (κ2) is 13.5. The molecular formula is C31H31NO4S. The lowest BCUT2D eigenvalue weighted by Gasteiger charge is -2.25. The fraction of sp³-hybridized carbons (Fsp3) is 0.258. The van der Waals surface area contributed by atoms with Crippen LogP contribution in [0.2, 0.25) is 0 Å². The van der Waals surface area contributed by atoms with Crippen LogP contribution in [0.4, 0.5) is 0 Å². The first kappa shape index (κ1) is 25.6. The number of hydrogen-bond acceptors (Lipinski definition) is 6. The van der Waals surface area contributed by atoms with Gasteiger partial charge in [-0.15, -0.1) is 0 Å². The van der Waals surface area contributed by atoms with Crippen LogP contribution in [0.5, 0.6) is 0 Å². The molecule has 1 aromatic heterocycles. The van der Waals surface area contributed by atoms with Crippen LogP contribution in [-0.4, -0.2) is 35.3 Å². The van der Waals surface area contributed by atoms with Gasteiger partial charge in [0.15, 0.2) is 0 Å². The molecule has 0 saturated carbocycles. The molecule has 4 aromatic rings. The van der Waals surface area contributed by atoms with Crippen LogP contribution in [0.25, 0.3) is 0 Å². The third kappa shape index (κ3) is 7.51. The van der Waals surface area contributed by atoms with Crippen molar-refractivity contribution in [1.29, 1.82) is 0 Å². The standard InChI is InChI=1S/C31H31NO4S/c1-4-12-24(13-5-1)20-33-23-27-29(34-21-25-14-6-2-7-15-25)30(35-22-26-16-8-3-9-17-26)31(36-27)37-28-18-10-11-19-32-28/h1-19,27,29-31H,20-23H2/t27-,29-,30+,31?/m1/s1. The summed E-state index contributed by atoms with van der Waals surface area (Å²) in [6.07, 6.45) is 0.901. The molecule has 0 amide bonds. The number of thioether (sulfide) groups is 1. The van der Waals surface area contributed by atoms with E-state index in [0.29, 0.717) is 26.4 Å². The Balaban J connectivity index is 1.33. The molecule has 5 nitrogen and oxygen atoms in total. The maximum absolute atomic E-state index is 6.55. The van der Waals surface area contributed by atoms with Crippen molar-refractivity contribution >= 4 is 11.8 Å². The molecule has 1 aliphatic heterocycles.